The summed E-state index contributed by atoms with van der Waals surface area (Å²) >= 11 is 1.23. The lowest BCUT2D eigenvalue weighted by molar-refractivity contribution is -0.384. The number of nitro benzene ring substituents is 1. The lowest BCUT2D eigenvalue weighted by Crippen LogP contribution is -1.92. The van der Waals surface area contributed by atoms with E-state index in [4.69, 9.17) is 0 Å². The SMILES string of the molecule is C=CCc1nc(-c2ccccc2[N+](=O)[O-])ns1. The quantitative estimate of drug-likeness (QED) is 0.473. The molecule has 0 saturated carbocycles. The molecule has 1 heterocycles. The number of hydrogen-bond acceptors (Lipinski definition) is 5. The summed E-state index contributed by atoms with van der Waals surface area (Å²) in [6.45, 7) is 3.61. The van der Waals surface area contributed by atoms with Gasteiger partial charge in [-0.25, -0.2) is 4.98 Å². The van der Waals surface area contributed by atoms with Crippen molar-refractivity contribution < 1.29 is 4.92 Å². The van der Waals surface area contributed by atoms with Gasteiger partial charge in [-0.05, 0) is 17.6 Å². The summed E-state index contributed by atoms with van der Waals surface area (Å²) in [4.78, 5) is 14.7. The molecule has 0 radical (unpaired) electrons. The lowest BCUT2D eigenvalue weighted by atomic mass is 10.2. The van der Waals surface area contributed by atoms with E-state index < -0.39 is 4.92 Å². The Balaban J connectivity index is 2.44. The van der Waals surface area contributed by atoms with Crippen LogP contribution in [0.25, 0.3) is 11.4 Å². The van der Waals surface area contributed by atoms with E-state index >= 15 is 0 Å². The maximum absolute atomic E-state index is 10.9. The summed E-state index contributed by atoms with van der Waals surface area (Å²) in [5, 5.41) is 11.7. The number of para-hydroxylation sites is 1. The molecule has 0 N–H and O–H groups in total. The molecule has 0 saturated heterocycles. The zero-order valence-corrected chi connectivity index (χ0v) is 9.68. The van der Waals surface area contributed by atoms with Crippen LogP contribution >= 0.6 is 11.5 Å². The highest BCUT2D eigenvalue weighted by molar-refractivity contribution is 7.05. The third-order valence-corrected chi connectivity index (χ3v) is 2.86. The maximum atomic E-state index is 10.9. The minimum Gasteiger partial charge on any atom is -0.258 e. The van der Waals surface area contributed by atoms with Crippen LogP contribution in [0.1, 0.15) is 5.01 Å². The molecule has 0 spiro atoms. The number of aromatic nitrogens is 2. The highest BCUT2D eigenvalue weighted by Crippen LogP contribution is 2.28. The first-order chi connectivity index (χ1) is 8.22. The Kier molecular flexibility index (Phi) is 3.24. The van der Waals surface area contributed by atoms with Crippen LogP contribution in [0.4, 0.5) is 5.69 Å². The van der Waals surface area contributed by atoms with Gasteiger partial charge in [-0.3, -0.25) is 10.1 Å². The van der Waals surface area contributed by atoms with Crippen molar-refractivity contribution in [2.75, 3.05) is 0 Å². The number of allylic oxidation sites excluding steroid dienone is 1. The van der Waals surface area contributed by atoms with Gasteiger partial charge in [0.2, 0.25) is 0 Å². The topological polar surface area (TPSA) is 68.9 Å². The minimum absolute atomic E-state index is 0.0236. The molecule has 0 aliphatic heterocycles. The smallest absolute Gasteiger partial charge is 0.258 e. The second-order valence-electron chi connectivity index (χ2n) is 3.28. The van der Waals surface area contributed by atoms with Gasteiger partial charge in [0, 0.05) is 12.5 Å². The molecule has 2 aromatic rings. The third-order valence-electron chi connectivity index (χ3n) is 2.13. The number of hydrogen-bond donors (Lipinski definition) is 0. The van der Waals surface area contributed by atoms with Crippen molar-refractivity contribution in [2.24, 2.45) is 0 Å². The zero-order chi connectivity index (χ0) is 12.3. The van der Waals surface area contributed by atoms with Crippen molar-refractivity contribution in [1.82, 2.24) is 9.36 Å². The Bertz CT molecular complexity index is 565. The molecule has 0 amide bonds. The fraction of sp³-hybridized carbons (Fsp3) is 0.0909. The number of nitrogens with zero attached hydrogens (tertiary/aromatic N) is 3. The van der Waals surface area contributed by atoms with E-state index in [2.05, 4.69) is 15.9 Å². The summed E-state index contributed by atoms with van der Waals surface area (Å²) in [7, 11) is 0. The van der Waals surface area contributed by atoms with Gasteiger partial charge in [-0.15, -0.1) is 6.58 Å². The summed E-state index contributed by atoms with van der Waals surface area (Å²) in [5.41, 5.74) is 0.472. The second-order valence-corrected chi connectivity index (χ2v) is 4.12. The molecular weight excluding hydrogens is 238 g/mol. The molecule has 0 aliphatic carbocycles. The molecule has 17 heavy (non-hydrogen) atoms. The minimum atomic E-state index is -0.427. The molecule has 1 aromatic carbocycles. The first kappa shape index (κ1) is 11.4. The first-order valence-corrected chi connectivity index (χ1v) is 5.67. The fourth-order valence-electron chi connectivity index (χ4n) is 1.39. The van der Waals surface area contributed by atoms with Gasteiger partial charge in [0.1, 0.15) is 5.01 Å². The Morgan fingerprint density at radius 3 is 2.94 bits per heavy atom. The summed E-state index contributed by atoms with van der Waals surface area (Å²) in [6.07, 6.45) is 2.35. The Morgan fingerprint density at radius 1 is 1.47 bits per heavy atom. The molecular formula is C11H9N3O2S. The Morgan fingerprint density at radius 2 is 2.24 bits per heavy atom. The largest absolute Gasteiger partial charge is 0.280 e. The number of benzene rings is 1. The second kappa shape index (κ2) is 4.84. The van der Waals surface area contributed by atoms with Gasteiger partial charge >= 0.3 is 0 Å². The molecule has 1 aromatic heterocycles. The van der Waals surface area contributed by atoms with E-state index in [9.17, 15) is 10.1 Å². The van der Waals surface area contributed by atoms with Crippen LogP contribution in [0.15, 0.2) is 36.9 Å². The zero-order valence-electron chi connectivity index (χ0n) is 8.87. The van der Waals surface area contributed by atoms with Crippen molar-refractivity contribution in [3.8, 4) is 11.4 Å². The van der Waals surface area contributed by atoms with Crippen LogP contribution in [-0.4, -0.2) is 14.3 Å². The van der Waals surface area contributed by atoms with Crippen molar-refractivity contribution in [3.63, 3.8) is 0 Å². The van der Waals surface area contributed by atoms with Crippen molar-refractivity contribution in [2.45, 2.75) is 6.42 Å². The normalized spacial score (nSPS) is 10.1. The molecule has 6 heteroatoms. The predicted octanol–water partition coefficient (Wildman–Crippen LogP) is 2.84. The van der Waals surface area contributed by atoms with Gasteiger partial charge in [-0.2, -0.15) is 4.37 Å². The summed E-state index contributed by atoms with van der Waals surface area (Å²) < 4.78 is 4.13. The van der Waals surface area contributed by atoms with Gasteiger partial charge in [0.15, 0.2) is 5.82 Å². The Labute approximate surface area is 102 Å². The van der Waals surface area contributed by atoms with E-state index in [0.29, 0.717) is 17.8 Å². The first-order valence-electron chi connectivity index (χ1n) is 4.89. The van der Waals surface area contributed by atoms with Crippen LogP contribution in [0.3, 0.4) is 0 Å². The van der Waals surface area contributed by atoms with E-state index in [1.165, 1.54) is 17.6 Å². The average molecular weight is 247 g/mol. The molecule has 0 unspecified atom stereocenters. The highest BCUT2D eigenvalue weighted by atomic mass is 32.1. The summed E-state index contributed by atoms with van der Waals surface area (Å²) in [5.74, 6) is 0.402. The number of nitro groups is 1. The van der Waals surface area contributed by atoms with Crippen LogP contribution in [0.2, 0.25) is 0 Å². The average Bonchev–Trinajstić information content (AvgIpc) is 2.78. The van der Waals surface area contributed by atoms with Crippen LogP contribution in [0.5, 0.6) is 0 Å². The van der Waals surface area contributed by atoms with Crippen molar-refractivity contribution >= 4 is 17.2 Å². The lowest BCUT2D eigenvalue weighted by Gasteiger charge is -1.96. The molecule has 5 nitrogen and oxygen atoms in total. The fourth-order valence-corrected chi connectivity index (χ4v) is 2.04. The van der Waals surface area contributed by atoms with Crippen molar-refractivity contribution in [3.05, 3.63) is 52.0 Å². The van der Waals surface area contributed by atoms with E-state index in [1.54, 1.807) is 24.3 Å². The van der Waals surface area contributed by atoms with E-state index in [-0.39, 0.29) is 5.69 Å². The molecule has 0 atom stereocenters. The van der Waals surface area contributed by atoms with Gasteiger partial charge in [0.05, 0.1) is 10.5 Å². The molecule has 2 rings (SSSR count). The monoisotopic (exact) mass is 247 g/mol. The van der Waals surface area contributed by atoms with Crippen LogP contribution in [-0.2, 0) is 6.42 Å². The molecule has 86 valence electrons. The number of rotatable bonds is 4. The highest BCUT2D eigenvalue weighted by Gasteiger charge is 2.17. The maximum Gasteiger partial charge on any atom is 0.280 e. The predicted molar refractivity (Wildman–Crippen MR) is 65.9 cm³/mol. The van der Waals surface area contributed by atoms with Gasteiger partial charge in [0.25, 0.3) is 5.69 Å². The van der Waals surface area contributed by atoms with Gasteiger partial charge < -0.3 is 0 Å². The molecule has 0 fully saturated rings. The molecule has 0 bridgehead atoms. The van der Waals surface area contributed by atoms with Crippen molar-refractivity contribution in [1.29, 1.82) is 0 Å². The Hall–Kier alpha value is -2.08. The third kappa shape index (κ3) is 2.36. The van der Waals surface area contributed by atoms with E-state index in [0.717, 1.165) is 5.01 Å². The van der Waals surface area contributed by atoms with Crippen LogP contribution in [0, 0.1) is 10.1 Å². The summed E-state index contributed by atoms with van der Waals surface area (Å²) in [6, 6.07) is 6.45. The van der Waals surface area contributed by atoms with Gasteiger partial charge in [-0.1, -0.05) is 18.2 Å². The molecule has 0 aliphatic rings. The standard InChI is InChI=1S/C11H9N3O2S/c1-2-5-10-12-11(13-17-10)8-6-3-4-7-9(8)14(15)16/h2-4,6-7H,1,5H2. The van der Waals surface area contributed by atoms with E-state index in [1.807, 2.05) is 0 Å². The van der Waals surface area contributed by atoms with Crippen LogP contribution < -0.4 is 0 Å².